The second-order valence-electron chi connectivity index (χ2n) is 5.24. The molecule has 0 aliphatic carbocycles. The molecular weight excluding hydrogens is 294 g/mol. The Kier molecular flexibility index (Phi) is 4.11. The summed E-state index contributed by atoms with van der Waals surface area (Å²) in [6.07, 6.45) is 0. The zero-order valence-electron chi connectivity index (χ0n) is 12.6. The average molecular weight is 311 g/mol. The minimum Gasteiger partial charge on any atom is -0.458 e. The minimum atomic E-state index is -0.0738. The van der Waals surface area contributed by atoms with Gasteiger partial charge in [-0.25, -0.2) is 0 Å². The van der Waals surface area contributed by atoms with Crippen LogP contribution in [0.15, 0.2) is 52.3 Å². The Morgan fingerprint density at radius 3 is 2.82 bits per heavy atom. The van der Waals surface area contributed by atoms with Crippen LogP contribution in [-0.4, -0.2) is 5.91 Å². The number of amides is 1. The third-order valence-electron chi connectivity index (χ3n) is 3.49. The zero-order valence-corrected chi connectivity index (χ0v) is 13.4. The van der Waals surface area contributed by atoms with Gasteiger partial charge >= 0.3 is 0 Å². The van der Waals surface area contributed by atoms with Gasteiger partial charge in [0.25, 0.3) is 5.91 Å². The van der Waals surface area contributed by atoms with Gasteiger partial charge < -0.3 is 9.73 Å². The van der Waals surface area contributed by atoms with E-state index in [0.717, 1.165) is 27.5 Å². The molecule has 1 aromatic carbocycles. The van der Waals surface area contributed by atoms with E-state index < -0.39 is 0 Å². The largest absolute Gasteiger partial charge is 0.458 e. The van der Waals surface area contributed by atoms with Crippen molar-refractivity contribution in [3.8, 4) is 10.6 Å². The molecule has 4 heteroatoms. The molecule has 0 spiro atoms. The Morgan fingerprint density at radius 1 is 1.18 bits per heavy atom. The summed E-state index contributed by atoms with van der Waals surface area (Å²) in [5, 5.41) is 4.93. The molecule has 0 fully saturated rings. The van der Waals surface area contributed by atoms with Crippen LogP contribution < -0.4 is 5.32 Å². The van der Waals surface area contributed by atoms with E-state index in [1.807, 2.05) is 61.7 Å². The van der Waals surface area contributed by atoms with Gasteiger partial charge in [-0.05, 0) is 49.1 Å². The molecule has 0 bridgehead atoms. The van der Waals surface area contributed by atoms with Crippen LogP contribution in [0.25, 0.3) is 10.6 Å². The van der Waals surface area contributed by atoms with Gasteiger partial charge in [-0.1, -0.05) is 23.8 Å². The van der Waals surface area contributed by atoms with Gasteiger partial charge in [0.1, 0.15) is 11.5 Å². The summed E-state index contributed by atoms with van der Waals surface area (Å²) in [6.45, 7) is 4.31. The molecular formula is C18H17NO2S. The van der Waals surface area contributed by atoms with Gasteiger partial charge in [0.2, 0.25) is 0 Å². The lowest BCUT2D eigenvalue weighted by Crippen LogP contribution is -2.23. The van der Waals surface area contributed by atoms with E-state index >= 15 is 0 Å². The summed E-state index contributed by atoms with van der Waals surface area (Å²) >= 11 is 1.63. The first-order valence-corrected chi connectivity index (χ1v) is 7.99. The fourth-order valence-corrected chi connectivity index (χ4v) is 2.95. The van der Waals surface area contributed by atoms with Crippen LogP contribution in [-0.2, 0) is 6.54 Å². The molecule has 0 aliphatic rings. The molecule has 3 nitrogen and oxygen atoms in total. The highest BCUT2D eigenvalue weighted by Crippen LogP contribution is 2.26. The number of nitrogens with one attached hydrogen (secondary N) is 1. The molecule has 0 saturated carbocycles. The Balaban J connectivity index is 1.67. The SMILES string of the molecule is Cc1ccc(C)c(C(=O)NCc2ccc(-c3cccs3)o2)c1. The van der Waals surface area contributed by atoms with Gasteiger partial charge in [0.05, 0.1) is 11.4 Å². The molecule has 0 saturated heterocycles. The van der Waals surface area contributed by atoms with Crippen molar-refractivity contribution in [1.82, 2.24) is 5.32 Å². The molecule has 2 heterocycles. The Bertz CT molecular complexity index is 787. The minimum absolute atomic E-state index is 0.0738. The second-order valence-corrected chi connectivity index (χ2v) is 6.19. The summed E-state index contributed by atoms with van der Waals surface area (Å²) in [6, 6.07) is 13.7. The van der Waals surface area contributed by atoms with Crippen LogP contribution >= 0.6 is 11.3 Å². The number of carbonyl (C=O) groups excluding carboxylic acids is 1. The first kappa shape index (κ1) is 14.6. The van der Waals surface area contributed by atoms with Crippen molar-refractivity contribution >= 4 is 17.2 Å². The maximum absolute atomic E-state index is 12.3. The summed E-state index contributed by atoms with van der Waals surface area (Å²) in [7, 11) is 0. The molecule has 0 unspecified atom stereocenters. The Morgan fingerprint density at radius 2 is 2.05 bits per heavy atom. The predicted octanol–water partition coefficient (Wildman–Crippen LogP) is 4.55. The Labute approximate surface area is 133 Å². The maximum Gasteiger partial charge on any atom is 0.251 e. The number of rotatable bonds is 4. The van der Waals surface area contributed by atoms with E-state index in [9.17, 15) is 4.79 Å². The molecule has 0 radical (unpaired) electrons. The third-order valence-corrected chi connectivity index (χ3v) is 4.37. The van der Waals surface area contributed by atoms with Crippen molar-refractivity contribution in [2.24, 2.45) is 0 Å². The molecule has 0 atom stereocenters. The molecule has 2 aromatic heterocycles. The normalized spacial score (nSPS) is 10.6. The lowest BCUT2D eigenvalue weighted by Gasteiger charge is -2.07. The summed E-state index contributed by atoms with van der Waals surface area (Å²) in [4.78, 5) is 13.4. The van der Waals surface area contributed by atoms with E-state index in [-0.39, 0.29) is 5.91 Å². The lowest BCUT2D eigenvalue weighted by molar-refractivity contribution is 0.0947. The van der Waals surface area contributed by atoms with Gasteiger partial charge in [-0.3, -0.25) is 4.79 Å². The molecule has 22 heavy (non-hydrogen) atoms. The van der Waals surface area contributed by atoms with Crippen molar-refractivity contribution in [1.29, 1.82) is 0 Å². The number of hydrogen-bond donors (Lipinski definition) is 1. The number of aryl methyl sites for hydroxylation is 2. The summed E-state index contributed by atoms with van der Waals surface area (Å²) in [5.74, 6) is 1.52. The summed E-state index contributed by atoms with van der Waals surface area (Å²) < 4.78 is 5.76. The van der Waals surface area contributed by atoms with Gasteiger partial charge in [0, 0.05) is 5.56 Å². The van der Waals surface area contributed by atoms with Crippen LogP contribution in [0.2, 0.25) is 0 Å². The first-order chi connectivity index (χ1) is 10.6. The number of hydrogen-bond acceptors (Lipinski definition) is 3. The number of benzene rings is 1. The highest BCUT2D eigenvalue weighted by atomic mass is 32.1. The molecule has 3 rings (SSSR count). The second kappa shape index (κ2) is 6.20. The van der Waals surface area contributed by atoms with Crippen LogP contribution in [0.5, 0.6) is 0 Å². The smallest absolute Gasteiger partial charge is 0.251 e. The molecule has 3 aromatic rings. The van der Waals surface area contributed by atoms with Gasteiger partial charge in [-0.2, -0.15) is 0 Å². The van der Waals surface area contributed by atoms with Crippen molar-refractivity contribution in [3.63, 3.8) is 0 Å². The molecule has 112 valence electrons. The van der Waals surface area contributed by atoms with Gasteiger partial charge in [0.15, 0.2) is 0 Å². The summed E-state index contributed by atoms with van der Waals surface area (Å²) in [5.41, 5.74) is 2.76. The zero-order chi connectivity index (χ0) is 15.5. The maximum atomic E-state index is 12.3. The van der Waals surface area contributed by atoms with Gasteiger partial charge in [-0.15, -0.1) is 11.3 Å². The van der Waals surface area contributed by atoms with Crippen molar-refractivity contribution in [2.75, 3.05) is 0 Å². The van der Waals surface area contributed by atoms with E-state index in [4.69, 9.17) is 4.42 Å². The van der Waals surface area contributed by atoms with Crippen molar-refractivity contribution in [3.05, 3.63) is 70.3 Å². The highest BCUT2D eigenvalue weighted by Gasteiger charge is 2.11. The predicted molar refractivity (Wildman–Crippen MR) is 89.1 cm³/mol. The molecule has 1 amide bonds. The van der Waals surface area contributed by atoms with E-state index in [1.165, 1.54) is 0 Å². The quantitative estimate of drug-likeness (QED) is 0.767. The monoisotopic (exact) mass is 311 g/mol. The number of thiophene rings is 1. The topological polar surface area (TPSA) is 42.2 Å². The number of carbonyl (C=O) groups is 1. The first-order valence-electron chi connectivity index (χ1n) is 7.11. The molecule has 0 aliphatic heterocycles. The van der Waals surface area contributed by atoms with Crippen LogP contribution in [0.4, 0.5) is 0 Å². The van der Waals surface area contributed by atoms with Crippen LogP contribution in [0.3, 0.4) is 0 Å². The highest BCUT2D eigenvalue weighted by molar-refractivity contribution is 7.13. The van der Waals surface area contributed by atoms with E-state index in [1.54, 1.807) is 11.3 Å². The lowest BCUT2D eigenvalue weighted by atomic mass is 10.1. The average Bonchev–Trinajstić information content (AvgIpc) is 3.17. The van der Waals surface area contributed by atoms with Crippen molar-refractivity contribution < 1.29 is 9.21 Å². The Hall–Kier alpha value is -2.33. The van der Waals surface area contributed by atoms with Crippen LogP contribution in [0.1, 0.15) is 27.2 Å². The fourth-order valence-electron chi connectivity index (χ4n) is 2.27. The van der Waals surface area contributed by atoms with E-state index in [2.05, 4.69) is 5.32 Å². The van der Waals surface area contributed by atoms with Crippen molar-refractivity contribution in [2.45, 2.75) is 20.4 Å². The third kappa shape index (κ3) is 3.12. The molecule has 1 N–H and O–H groups in total. The number of furan rings is 1. The van der Waals surface area contributed by atoms with E-state index in [0.29, 0.717) is 12.1 Å². The fraction of sp³-hybridized carbons (Fsp3) is 0.167. The van der Waals surface area contributed by atoms with Crippen LogP contribution in [0, 0.1) is 13.8 Å². The standard InChI is InChI=1S/C18H17NO2S/c1-12-5-6-13(2)15(10-12)18(20)19-11-14-7-8-16(21-14)17-4-3-9-22-17/h3-10H,11H2,1-2H3,(H,19,20).